The van der Waals surface area contributed by atoms with Crippen molar-refractivity contribution in [2.24, 2.45) is 4.99 Å². The van der Waals surface area contributed by atoms with Gasteiger partial charge in [0, 0.05) is 0 Å². The fraction of sp³-hybridized carbons (Fsp3) is 0. The van der Waals surface area contributed by atoms with E-state index in [4.69, 9.17) is 0 Å². The van der Waals surface area contributed by atoms with E-state index in [9.17, 15) is 0 Å². The maximum absolute atomic E-state index is 3.92. The lowest BCUT2D eigenvalue weighted by atomic mass is 9.98. The van der Waals surface area contributed by atoms with Crippen LogP contribution in [0.25, 0.3) is 21.9 Å². The van der Waals surface area contributed by atoms with Gasteiger partial charge in [0.2, 0.25) is 0 Å². The van der Waals surface area contributed by atoms with Crippen LogP contribution in [0.1, 0.15) is 0 Å². The van der Waals surface area contributed by atoms with E-state index in [0.29, 0.717) is 0 Å². The molecule has 0 aliphatic heterocycles. The molecule has 0 radical (unpaired) electrons. The molecule has 3 aromatic rings. The molecule has 0 amide bonds. The Hall–Kier alpha value is -2.41. The number of hydrogen-bond donors (Lipinski definition) is 0. The van der Waals surface area contributed by atoms with Crippen molar-refractivity contribution in [3.63, 3.8) is 0 Å². The molecule has 0 saturated carbocycles. The third-order valence-corrected chi connectivity index (χ3v) is 3.15. The van der Waals surface area contributed by atoms with Crippen LogP contribution >= 0.6 is 0 Å². The monoisotopic (exact) mass is 231 g/mol. The van der Waals surface area contributed by atoms with Crippen LogP contribution in [0.5, 0.6) is 0 Å². The van der Waals surface area contributed by atoms with Gasteiger partial charge in [0.15, 0.2) is 0 Å². The highest BCUT2D eigenvalue weighted by atomic mass is 14.7. The Morgan fingerprint density at radius 3 is 2.22 bits per heavy atom. The van der Waals surface area contributed by atoms with E-state index in [1.807, 2.05) is 12.1 Å². The SMILES string of the molecule is C=Nc1ccc(-c2cccc3ccccc23)cc1. The molecule has 1 nitrogen and oxygen atoms in total. The molecule has 0 heterocycles. The lowest BCUT2D eigenvalue weighted by molar-refractivity contribution is 1.55. The molecule has 3 aromatic carbocycles. The molecule has 0 unspecified atom stereocenters. The molecular formula is C17H13N. The lowest BCUT2D eigenvalue weighted by Crippen LogP contribution is -1.80. The first kappa shape index (κ1) is 10.7. The summed E-state index contributed by atoms with van der Waals surface area (Å²) in [6, 6.07) is 23.0. The standard InChI is InChI=1S/C17H13N/c1-18-15-11-9-14(10-12-15)17-8-4-6-13-5-2-3-7-16(13)17/h2-12H,1H2. The summed E-state index contributed by atoms with van der Waals surface area (Å²) in [7, 11) is 0. The van der Waals surface area contributed by atoms with Gasteiger partial charge < -0.3 is 0 Å². The van der Waals surface area contributed by atoms with Gasteiger partial charge in [0.25, 0.3) is 0 Å². The van der Waals surface area contributed by atoms with Gasteiger partial charge in [0.05, 0.1) is 5.69 Å². The van der Waals surface area contributed by atoms with Crippen molar-refractivity contribution in [1.82, 2.24) is 0 Å². The molecule has 0 spiro atoms. The molecule has 0 fully saturated rings. The highest BCUT2D eigenvalue weighted by Crippen LogP contribution is 2.29. The van der Waals surface area contributed by atoms with E-state index in [1.54, 1.807) is 0 Å². The first-order chi connectivity index (χ1) is 8.88. The minimum absolute atomic E-state index is 0.902. The van der Waals surface area contributed by atoms with Crippen LogP contribution in [-0.4, -0.2) is 6.72 Å². The number of hydrogen-bond acceptors (Lipinski definition) is 1. The van der Waals surface area contributed by atoms with Crippen molar-refractivity contribution in [1.29, 1.82) is 0 Å². The smallest absolute Gasteiger partial charge is 0.0622 e. The number of rotatable bonds is 2. The molecule has 0 aromatic heterocycles. The predicted octanol–water partition coefficient (Wildman–Crippen LogP) is 4.84. The molecule has 0 bridgehead atoms. The van der Waals surface area contributed by atoms with E-state index < -0.39 is 0 Å². The van der Waals surface area contributed by atoms with Crippen molar-refractivity contribution < 1.29 is 0 Å². The molecule has 0 aliphatic rings. The maximum atomic E-state index is 3.92. The van der Waals surface area contributed by atoms with E-state index in [0.717, 1.165) is 5.69 Å². The van der Waals surface area contributed by atoms with Gasteiger partial charge in [-0.1, -0.05) is 54.6 Å². The van der Waals surface area contributed by atoms with Gasteiger partial charge in [-0.25, -0.2) is 0 Å². The van der Waals surface area contributed by atoms with Gasteiger partial charge in [0.1, 0.15) is 0 Å². The Kier molecular flexibility index (Phi) is 2.66. The highest BCUT2D eigenvalue weighted by Gasteiger charge is 2.02. The van der Waals surface area contributed by atoms with Crippen LogP contribution in [0, 0.1) is 0 Å². The Morgan fingerprint density at radius 1 is 0.722 bits per heavy atom. The van der Waals surface area contributed by atoms with E-state index in [1.165, 1.54) is 21.9 Å². The van der Waals surface area contributed by atoms with Crippen LogP contribution in [-0.2, 0) is 0 Å². The molecule has 0 atom stereocenters. The summed E-state index contributed by atoms with van der Waals surface area (Å²) in [6.07, 6.45) is 0. The zero-order chi connectivity index (χ0) is 12.4. The number of nitrogens with zero attached hydrogens (tertiary/aromatic N) is 1. The first-order valence-corrected chi connectivity index (χ1v) is 5.93. The summed E-state index contributed by atoms with van der Waals surface area (Å²) in [5.74, 6) is 0. The molecule has 0 N–H and O–H groups in total. The maximum Gasteiger partial charge on any atom is 0.0622 e. The summed E-state index contributed by atoms with van der Waals surface area (Å²) >= 11 is 0. The van der Waals surface area contributed by atoms with E-state index in [-0.39, 0.29) is 0 Å². The zero-order valence-corrected chi connectivity index (χ0v) is 10.0. The van der Waals surface area contributed by atoms with Crippen LogP contribution in [0.2, 0.25) is 0 Å². The van der Waals surface area contributed by atoms with E-state index in [2.05, 4.69) is 66.3 Å². The Labute approximate surface area is 106 Å². The summed E-state index contributed by atoms with van der Waals surface area (Å²) < 4.78 is 0. The Morgan fingerprint density at radius 2 is 1.44 bits per heavy atom. The number of aliphatic imine (C=N–C) groups is 1. The van der Waals surface area contributed by atoms with Crippen LogP contribution in [0.4, 0.5) is 5.69 Å². The van der Waals surface area contributed by atoms with Gasteiger partial charge in [-0.2, -0.15) is 0 Å². The Balaban J connectivity index is 2.21. The molecule has 3 rings (SSSR count). The second kappa shape index (κ2) is 4.46. The molecule has 18 heavy (non-hydrogen) atoms. The molecule has 1 heteroatoms. The Bertz CT molecular complexity index is 691. The topological polar surface area (TPSA) is 12.4 Å². The second-order valence-electron chi connectivity index (χ2n) is 4.23. The van der Waals surface area contributed by atoms with Gasteiger partial charge in [-0.15, -0.1) is 0 Å². The average Bonchev–Trinajstić information content (AvgIpc) is 2.47. The van der Waals surface area contributed by atoms with Crippen LogP contribution in [0.3, 0.4) is 0 Å². The quantitative estimate of drug-likeness (QED) is 0.560. The van der Waals surface area contributed by atoms with Gasteiger partial charge in [-0.3, -0.25) is 4.99 Å². The fourth-order valence-corrected chi connectivity index (χ4v) is 2.22. The normalized spacial score (nSPS) is 10.4. The molecule has 0 aliphatic carbocycles. The van der Waals surface area contributed by atoms with Crippen molar-refractivity contribution >= 4 is 23.2 Å². The largest absolute Gasteiger partial charge is 0.265 e. The third kappa shape index (κ3) is 1.80. The minimum atomic E-state index is 0.902. The second-order valence-corrected chi connectivity index (χ2v) is 4.23. The van der Waals surface area contributed by atoms with Crippen molar-refractivity contribution in [2.45, 2.75) is 0 Å². The molecular weight excluding hydrogens is 218 g/mol. The molecule has 86 valence electrons. The first-order valence-electron chi connectivity index (χ1n) is 5.93. The predicted molar refractivity (Wildman–Crippen MR) is 78.6 cm³/mol. The summed E-state index contributed by atoms with van der Waals surface area (Å²) in [5.41, 5.74) is 3.36. The summed E-state index contributed by atoms with van der Waals surface area (Å²) in [4.78, 5) is 3.92. The van der Waals surface area contributed by atoms with Crippen LogP contribution < -0.4 is 0 Å². The number of benzene rings is 3. The minimum Gasteiger partial charge on any atom is -0.265 e. The third-order valence-electron chi connectivity index (χ3n) is 3.15. The van der Waals surface area contributed by atoms with Crippen LogP contribution in [0.15, 0.2) is 71.7 Å². The van der Waals surface area contributed by atoms with Crippen molar-refractivity contribution in [2.75, 3.05) is 0 Å². The average molecular weight is 231 g/mol. The van der Waals surface area contributed by atoms with E-state index >= 15 is 0 Å². The highest BCUT2D eigenvalue weighted by molar-refractivity contribution is 5.96. The summed E-state index contributed by atoms with van der Waals surface area (Å²) in [5, 5.41) is 2.54. The van der Waals surface area contributed by atoms with Gasteiger partial charge in [-0.05, 0) is 40.7 Å². The fourth-order valence-electron chi connectivity index (χ4n) is 2.22. The molecule has 0 saturated heterocycles. The van der Waals surface area contributed by atoms with Gasteiger partial charge >= 0.3 is 0 Å². The lowest BCUT2D eigenvalue weighted by Gasteiger charge is -2.06. The van der Waals surface area contributed by atoms with Crippen molar-refractivity contribution in [3.8, 4) is 11.1 Å². The number of fused-ring (bicyclic) bond motifs is 1. The summed E-state index contributed by atoms with van der Waals surface area (Å²) in [6.45, 7) is 3.53. The zero-order valence-electron chi connectivity index (χ0n) is 10.0. The van der Waals surface area contributed by atoms with Crippen molar-refractivity contribution in [3.05, 3.63) is 66.7 Å².